The van der Waals surface area contributed by atoms with E-state index in [1.165, 1.54) is 39.0 Å². The second-order valence-corrected chi connectivity index (χ2v) is 11.9. The van der Waals surface area contributed by atoms with Gasteiger partial charge in [0.2, 0.25) is 0 Å². The molecule has 14 heteroatoms. The molecular weight excluding hydrogens is 584 g/mol. The summed E-state index contributed by atoms with van der Waals surface area (Å²) < 4.78 is 39.2. The zero-order valence-electron chi connectivity index (χ0n) is 25.5. The molecule has 9 atom stereocenters. The molecule has 2 aliphatic heterocycles. The molecule has 1 spiro atoms. The molecule has 9 unspecified atom stereocenters. The Hall–Kier alpha value is -3.78. The molecule has 0 amide bonds. The average molecular weight is 623 g/mol. The topological polar surface area (TPSA) is 191 Å². The maximum Gasteiger partial charge on any atom is 0.344 e. The third kappa shape index (κ3) is 6.23. The monoisotopic (exact) mass is 622 g/mol. The van der Waals surface area contributed by atoms with Crippen LogP contribution in [0.4, 0.5) is 0 Å². The van der Waals surface area contributed by atoms with Gasteiger partial charge >= 0.3 is 35.8 Å². The molecule has 0 aromatic rings. The van der Waals surface area contributed by atoms with Gasteiger partial charge in [0.15, 0.2) is 18.3 Å². The molecule has 3 fully saturated rings. The van der Waals surface area contributed by atoms with Crippen LogP contribution in [-0.4, -0.2) is 96.4 Å². The summed E-state index contributed by atoms with van der Waals surface area (Å²) >= 11 is 0. The van der Waals surface area contributed by atoms with Gasteiger partial charge in [0.05, 0.1) is 23.5 Å². The van der Waals surface area contributed by atoms with Crippen LogP contribution in [0.3, 0.4) is 0 Å². The van der Waals surface area contributed by atoms with Gasteiger partial charge in [-0.2, -0.15) is 0 Å². The van der Waals surface area contributed by atoms with Crippen LogP contribution in [0.15, 0.2) is 23.8 Å². The Morgan fingerprint density at radius 3 is 2.18 bits per heavy atom. The number of hydrogen-bond acceptors (Lipinski definition) is 14. The van der Waals surface area contributed by atoms with E-state index in [2.05, 4.69) is 0 Å². The van der Waals surface area contributed by atoms with Crippen molar-refractivity contribution >= 4 is 35.8 Å². The van der Waals surface area contributed by atoms with Crippen molar-refractivity contribution in [2.24, 2.45) is 17.3 Å². The third-order valence-electron chi connectivity index (χ3n) is 8.94. The van der Waals surface area contributed by atoms with Crippen LogP contribution in [0.1, 0.15) is 54.4 Å². The minimum atomic E-state index is -2.20. The van der Waals surface area contributed by atoms with Crippen molar-refractivity contribution in [3.63, 3.8) is 0 Å². The van der Waals surface area contributed by atoms with Crippen LogP contribution in [-0.2, 0) is 61.9 Å². The number of carbonyl (C=O) groups is 6. The van der Waals surface area contributed by atoms with Crippen molar-refractivity contribution in [1.82, 2.24) is 0 Å². The molecule has 0 radical (unpaired) electrons. The Balaban J connectivity index is 1.99. The minimum Gasteiger partial charge on any atom is -0.462 e. The van der Waals surface area contributed by atoms with Crippen LogP contribution in [0.5, 0.6) is 0 Å². The van der Waals surface area contributed by atoms with Gasteiger partial charge in [-0.25, -0.2) is 4.79 Å². The van der Waals surface area contributed by atoms with Crippen molar-refractivity contribution in [3.05, 3.63) is 23.8 Å². The van der Waals surface area contributed by atoms with Gasteiger partial charge in [-0.05, 0) is 37.5 Å². The number of ether oxygens (including phenoxy) is 7. The van der Waals surface area contributed by atoms with Gasteiger partial charge < -0.3 is 38.3 Å². The first-order valence-electron chi connectivity index (χ1n) is 14.3. The first-order valence-corrected chi connectivity index (χ1v) is 14.3. The lowest BCUT2D eigenvalue weighted by Gasteiger charge is -2.56. The van der Waals surface area contributed by atoms with Gasteiger partial charge in [-0.3, -0.25) is 24.0 Å². The second-order valence-electron chi connectivity index (χ2n) is 11.9. The lowest BCUT2D eigenvalue weighted by Crippen LogP contribution is -2.69. The Morgan fingerprint density at radius 1 is 0.977 bits per heavy atom. The molecule has 0 bridgehead atoms. The van der Waals surface area contributed by atoms with E-state index in [4.69, 9.17) is 33.2 Å². The zero-order valence-corrected chi connectivity index (χ0v) is 25.5. The van der Waals surface area contributed by atoms with Gasteiger partial charge in [0.1, 0.15) is 24.9 Å². The minimum absolute atomic E-state index is 0.174. The summed E-state index contributed by atoms with van der Waals surface area (Å²) in [7, 11) is 0. The molecule has 2 heterocycles. The van der Waals surface area contributed by atoms with Crippen molar-refractivity contribution in [1.29, 1.82) is 0 Å². The molecule has 242 valence electrons. The van der Waals surface area contributed by atoms with E-state index in [1.807, 2.05) is 0 Å². The predicted octanol–water partition coefficient (Wildman–Crippen LogP) is 0.862. The van der Waals surface area contributed by atoms with Gasteiger partial charge in [0, 0.05) is 33.6 Å². The predicted molar refractivity (Wildman–Crippen MR) is 145 cm³/mol. The fraction of sp³-hybridized carbons (Fsp3) is 0.667. The number of fused-ring (bicyclic) bond motifs is 3. The normalized spacial score (nSPS) is 37.3. The standard InChI is InChI=1S/C30H38O14/c1-15-27(36)44-23-11-20(12-38-16(2)31)7-8-21(43-24(35)13-39-17(3)32)28(6)22(41-18(4)33)9-10-29(14-40-29)25(28)26(30(15,23)37)42-19(5)34/h7-8,11,15,21-23,25-26,37H,9-10,12-14H2,1-6H3. The van der Waals surface area contributed by atoms with Gasteiger partial charge in [0.25, 0.3) is 0 Å². The van der Waals surface area contributed by atoms with Gasteiger partial charge in [-0.15, -0.1) is 0 Å². The van der Waals surface area contributed by atoms with Crippen LogP contribution < -0.4 is 0 Å². The first-order chi connectivity index (χ1) is 20.5. The number of epoxide rings is 1. The average Bonchev–Trinajstić information content (AvgIpc) is 3.66. The lowest BCUT2D eigenvalue weighted by atomic mass is 9.53. The van der Waals surface area contributed by atoms with Crippen molar-refractivity contribution in [3.8, 4) is 0 Å². The van der Waals surface area contributed by atoms with E-state index in [0.717, 1.165) is 13.8 Å². The summed E-state index contributed by atoms with van der Waals surface area (Å²) in [6.07, 6.45) is -0.277. The lowest BCUT2D eigenvalue weighted by molar-refractivity contribution is -0.237. The van der Waals surface area contributed by atoms with Crippen LogP contribution in [0, 0.1) is 17.3 Å². The Bertz CT molecular complexity index is 1280. The first kappa shape index (κ1) is 33.1. The van der Waals surface area contributed by atoms with Crippen molar-refractivity contribution < 1.29 is 67.0 Å². The molecule has 0 aromatic heterocycles. The van der Waals surface area contributed by atoms with E-state index >= 15 is 0 Å². The number of hydrogen-bond donors (Lipinski definition) is 1. The summed E-state index contributed by atoms with van der Waals surface area (Å²) in [4.78, 5) is 74.3. The highest BCUT2D eigenvalue weighted by molar-refractivity contribution is 5.78. The molecule has 2 saturated heterocycles. The fourth-order valence-electron chi connectivity index (χ4n) is 6.77. The number of aliphatic hydroxyl groups is 1. The van der Waals surface area contributed by atoms with E-state index in [-0.39, 0.29) is 25.2 Å². The number of carbonyl (C=O) groups excluding carboxylic acids is 6. The third-order valence-corrected chi connectivity index (χ3v) is 8.94. The van der Waals surface area contributed by atoms with Gasteiger partial charge in [-0.1, -0.05) is 13.0 Å². The zero-order chi connectivity index (χ0) is 32.6. The van der Waals surface area contributed by atoms with Crippen molar-refractivity contribution in [2.75, 3.05) is 19.8 Å². The number of rotatable bonds is 7. The largest absolute Gasteiger partial charge is 0.462 e. The summed E-state index contributed by atoms with van der Waals surface area (Å²) in [6.45, 7) is 6.88. The highest BCUT2D eigenvalue weighted by Crippen LogP contribution is 2.62. The van der Waals surface area contributed by atoms with Crippen LogP contribution in [0.2, 0.25) is 0 Å². The summed E-state index contributed by atoms with van der Waals surface area (Å²) in [5, 5.41) is 12.5. The Morgan fingerprint density at radius 2 is 1.61 bits per heavy atom. The Labute approximate surface area is 253 Å². The fourth-order valence-corrected chi connectivity index (χ4v) is 6.77. The highest BCUT2D eigenvalue weighted by Gasteiger charge is 2.74. The summed E-state index contributed by atoms with van der Waals surface area (Å²) in [6, 6.07) is 0. The van der Waals surface area contributed by atoms with E-state index in [0.29, 0.717) is 6.42 Å². The molecule has 14 nitrogen and oxygen atoms in total. The molecule has 1 saturated carbocycles. The number of esters is 6. The highest BCUT2D eigenvalue weighted by atomic mass is 16.6. The van der Waals surface area contributed by atoms with E-state index in [1.54, 1.807) is 6.92 Å². The maximum atomic E-state index is 13.0. The molecule has 0 aromatic carbocycles. The quantitative estimate of drug-likeness (QED) is 0.239. The maximum absolute atomic E-state index is 13.0. The molecular formula is C30H38O14. The molecule has 44 heavy (non-hydrogen) atoms. The SMILES string of the molecule is CC(=O)OCC(=O)OC1C=CC(COC(C)=O)=CC2OC(=O)C(C)C2(O)C(OC(C)=O)C2C3(CCC(OC(C)=O)C12C)CO3. The molecule has 4 rings (SSSR count). The van der Waals surface area contributed by atoms with E-state index < -0.39 is 95.3 Å². The Kier molecular flexibility index (Phi) is 9.27. The smallest absolute Gasteiger partial charge is 0.344 e. The molecule has 1 N–H and O–H groups in total. The molecule has 4 aliphatic rings. The van der Waals surface area contributed by atoms with E-state index in [9.17, 15) is 33.9 Å². The van der Waals surface area contributed by atoms with Crippen LogP contribution >= 0.6 is 0 Å². The van der Waals surface area contributed by atoms with Crippen LogP contribution in [0.25, 0.3) is 0 Å². The summed E-state index contributed by atoms with van der Waals surface area (Å²) in [5.74, 6) is -6.75. The van der Waals surface area contributed by atoms with Crippen molar-refractivity contribution in [2.45, 2.75) is 90.0 Å². The second kappa shape index (κ2) is 12.3. The molecule has 2 aliphatic carbocycles. The summed E-state index contributed by atoms with van der Waals surface area (Å²) in [5.41, 5.74) is -4.48.